The first-order chi connectivity index (χ1) is 14.5. The predicted octanol–water partition coefficient (Wildman–Crippen LogP) is 4.46. The number of nitrogens with zero attached hydrogens (tertiary/aromatic N) is 1. The molecule has 0 saturated heterocycles. The Balaban J connectivity index is 2.95. The minimum absolute atomic E-state index is 0.0155. The van der Waals surface area contributed by atoms with Gasteiger partial charge in [0.05, 0.1) is 12.3 Å². The maximum absolute atomic E-state index is 12.7. The molecule has 0 aliphatic carbocycles. The molecule has 1 aromatic rings. The molecule has 0 radical (unpaired) electrons. The molecule has 31 heavy (non-hydrogen) atoms. The van der Waals surface area contributed by atoms with Gasteiger partial charge in [-0.15, -0.1) is 0 Å². The van der Waals surface area contributed by atoms with Crippen molar-refractivity contribution in [3.05, 3.63) is 48.0 Å². The third-order valence-corrected chi connectivity index (χ3v) is 4.66. The average molecular weight is 448 g/mol. The molecule has 1 aromatic carbocycles. The van der Waals surface area contributed by atoms with E-state index in [9.17, 15) is 9.59 Å². The van der Waals surface area contributed by atoms with Crippen molar-refractivity contribution in [1.29, 1.82) is 0 Å². The summed E-state index contributed by atoms with van der Waals surface area (Å²) in [4.78, 5) is 29.2. The first-order valence-corrected chi connectivity index (χ1v) is 11.1. The quantitative estimate of drug-likeness (QED) is 0.476. The molecule has 0 spiro atoms. The molecular weight excluding hydrogens is 414 g/mol. The van der Waals surface area contributed by atoms with Crippen molar-refractivity contribution >= 4 is 40.2 Å². The zero-order valence-corrected chi connectivity index (χ0v) is 20.2. The van der Waals surface area contributed by atoms with E-state index in [4.69, 9.17) is 9.47 Å². The van der Waals surface area contributed by atoms with E-state index in [1.165, 1.54) is 18.9 Å². The number of nitrogens with one attached hydrogen (secondary N) is 2. The van der Waals surface area contributed by atoms with E-state index in [1.807, 2.05) is 44.2 Å². The molecule has 0 fully saturated rings. The van der Waals surface area contributed by atoms with Crippen LogP contribution in [0.3, 0.4) is 0 Å². The summed E-state index contributed by atoms with van der Waals surface area (Å²) >= 11 is 1.26. The highest BCUT2D eigenvalue weighted by Gasteiger charge is 2.25. The van der Waals surface area contributed by atoms with Crippen LogP contribution in [0.1, 0.15) is 45.7 Å². The van der Waals surface area contributed by atoms with Crippen molar-refractivity contribution in [1.82, 2.24) is 10.6 Å². The molecule has 2 N–H and O–H groups in total. The molecule has 2 amide bonds. The summed E-state index contributed by atoms with van der Waals surface area (Å²) in [5, 5.41) is 5.60. The van der Waals surface area contributed by atoms with Crippen LogP contribution in [0.2, 0.25) is 0 Å². The maximum atomic E-state index is 12.7. The van der Waals surface area contributed by atoms with Gasteiger partial charge in [-0.2, -0.15) is 0 Å². The van der Waals surface area contributed by atoms with Crippen molar-refractivity contribution < 1.29 is 19.1 Å². The van der Waals surface area contributed by atoms with Gasteiger partial charge in [0.1, 0.15) is 11.6 Å². The first-order valence-electron chi connectivity index (χ1n) is 9.85. The third kappa shape index (κ3) is 9.40. The van der Waals surface area contributed by atoms with E-state index in [0.717, 1.165) is 16.7 Å². The fourth-order valence-electron chi connectivity index (χ4n) is 2.41. The molecule has 170 valence electrons. The number of allylic oxidation sites excluding steroid dienone is 2. The van der Waals surface area contributed by atoms with Crippen LogP contribution in [-0.4, -0.2) is 48.8 Å². The second-order valence-corrected chi connectivity index (χ2v) is 8.56. The Bertz CT molecular complexity index is 857. The molecule has 0 aromatic heterocycles. The summed E-state index contributed by atoms with van der Waals surface area (Å²) in [7, 11) is 1.45. The third-order valence-electron chi connectivity index (χ3n) is 4.08. The van der Waals surface area contributed by atoms with Gasteiger partial charge < -0.3 is 20.1 Å². The average Bonchev–Trinajstić information content (AvgIpc) is 2.70. The molecule has 7 nitrogen and oxygen atoms in total. The highest BCUT2D eigenvalue weighted by atomic mass is 32.2. The van der Waals surface area contributed by atoms with Gasteiger partial charge in [0.2, 0.25) is 0 Å². The fourth-order valence-corrected chi connectivity index (χ4v) is 2.82. The Labute approximate surface area is 189 Å². The number of ether oxygens (including phenoxy) is 2. The molecule has 1 rings (SSSR count). The molecule has 0 saturated carbocycles. The zero-order chi connectivity index (χ0) is 23.6. The van der Waals surface area contributed by atoms with Crippen LogP contribution in [0, 0.1) is 0 Å². The standard InChI is InChI=1S/C23H33N3O4S/c1-9-15(2)17-11-10-12-18(13-17)16(3)24-21(31-8)26-20(27)19(14-29-7)25-22(28)30-23(4,5)6/h9-13,19H,3,14H2,1-2,4-8H3,(H,25,28)(H,24,26,27)/b15-9+. The number of rotatable bonds is 7. The van der Waals surface area contributed by atoms with Gasteiger partial charge in [-0.3, -0.25) is 4.79 Å². The Kier molecular flexibility index (Phi) is 10.5. The van der Waals surface area contributed by atoms with Gasteiger partial charge in [0.25, 0.3) is 5.91 Å². The molecule has 0 aliphatic rings. The molecular formula is C23H33N3O4S. The lowest BCUT2D eigenvalue weighted by molar-refractivity contribution is -0.122. The Morgan fingerprint density at radius 3 is 2.48 bits per heavy atom. The molecule has 1 atom stereocenters. The van der Waals surface area contributed by atoms with Crippen molar-refractivity contribution in [3.8, 4) is 0 Å². The lowest BCUT2D eigenvalue weighted by Gasteiger charge is -2.23. The number of carbonyl (C=O) groups is 2. The monoisotopic (exact) mass is 447 g/mol. The highest BCUT2D eigenvalue weighted by Crippen LogP contribution is 2.21. The van der Waals surface area contributed by atoms with Gasteiger partial charge >= 0.3 is 6.09 Å². The van der Waals surface area contributed by atoms with Crippen LogP contribution < -0.4 is 10.6 Å². The number of carbonyl (C=O) groups excluding carboxylic acids is 2. The summed E-state index contributed by atoms with van der Waals surface area (Å²) in [5.74, 6) is -0.466. The minimum Gasteiger partial charge on any atom is -0.444 e. The number of hydrogen-bond donors (Lipinski definition) is 2. The van der Waals surface area contributed by atoms with Crippen LogP contribution in [-0.2, 0) is 14.3 Å². The molecule has 1 unspecified atom stereocenters. The van der Waals surface area contributed by atoms with Crippen molar-refractivity contribution in [3.63, 3.8) is 0 Å². The lowest BCUT2D eigenvalue weighted by Crippen LogP contribution is -2.51. The molecule has 8 heteroatoms. The van der Waals surface area contributed by atoms with Gasteiger partial charge in [0.15, 0.2) is 5.17 Å². The molecule has 0 bridgehead atoms. The predicted molar refractivity (Wildman–Crippen MR) is 129 cm³/mol. The number of amidine groups is 1. The highest BCUT2D eigenvalue weighted by molar-refractivity contribution is 8.13. The summed E-state index contributed by atoms with van der Waals surface area (Å²) in [6.07, 6.45) is 3.12. The summed E-state index contributed by atoms with van der Waals surface area (Å²) < 4.78 is 10.3. The number of hydrogen-bond acceptors (Lipinski definition) is 6. The SMILES string of the molecule is C=C(N=C(NC(=O)C(COC)NC(=O)OC(C)(C)C)SC)c1cccc(/C(C)=C/C)c1. The summed E-state index contributed by atoms with van der Waals surface area (Å²) in [6.45, 7) is 13.3. The van der Waals surface area contributed by atoms with Gasteiger partial charge in [-0.1, -0.05) is 42.6 Å². The number of thioether (sulfide) groups is 1. The summed E-state index contributed by atoms with van der Waals surface area (Å²) in [6, 6.07) is 6.93. The van der Waals surface area contributed by atoms with E-state index in [1.54, 1.807) is 27.0 Å². The van der Waals surface area contributed by atoms with E-state index in [0.29, 0.717) is 10.9 Å². The Hall–Kier alpha value is -2.58. The van der Waals surface area contributed by atoms with Crippen LogP contribution in [0.5, 0.6) is 0 Å². The van der Waals surface area contributed by atoms with Gasteiger partial charge in [-0.25, -0.2) is 9.79 Å². The number of benzene rings is 1. The number of amides is 2. The van der Waals surface area contributed by atoms with Gasteiger partial charge in [0, 0.05) is 12.7 Å². The van der Waals surface area contributed by atoms with Crippen LogP contribution in [0.4, 0.5) is 4.79 Å². The maximum Gasteiger partial charge on any atom is 0.408 e. The Morgan fingerprint density at radius 1 is 1.29 bits per heavy atom. The second kappa shape index (κ2) is 12.3. The largest absolute Gasteiger partial charge is 0.444 e. The number of alkyl carbamates (subject to hydrolysis) is 1. The van der Waals surface area contributed by atoms with E-state index in [2.05, 4.69) is 22.2 Å². The van der Waals surface area contributed by atoms with E-state index >= 15 is 0 Å². The van der Waals surface area contributed by atoms with Crippen LogP contribution in [0.15, 0.2) is 41.9 Å². The van der Waals surface area contributed by atoms with Crippen LogP contribution >= 0.6 is 11.8 Å². The normalized spacial score (nSPS) is 13.4. The van der Waals surface area contributed by atoms with Crippen molar-refractivity contribution in [2.24, 2.45) is 4.99 Å². The topological polar surface area (TPSA) is 89.0 Å². The minimum atomic E-state index is -0.939. The number of aliphatic imine (C=N–C) groups is 1. The van der Waals surface area contributed by atoms with E-state index < -0.39 is 23.6 Å². The smallest absolute Gasteiger partial charge is 0.408 e. The lowest BCUT2D eigenvalue weighted by atomic mass is 10.0. The number of methoxy groups -OCH3 is 1. The summed E-state index contributed by atoms with van der Waals surface area (Å²) in [5.41, 5.74) is 2.90. The first kappa shape index (κ1) is 26.5. The zero-order valence-electron chi connectivity index (χ0n) is 19.4. The van der Waals surface area contributed by atoms with Crippen molar-refractivity contribution in [2.75, 3.05) is 20.0 Å². The Morgan fingerprint density at radius 2 is 1.94 bits per heavy atom. The fraction of sp³-hybridized carbons (Fsp3) is 0.435. The molecule has 0 heterocycles. The van der Waals surface area contributed by atoms with Crippen LogP contribution in [0.25, 0.3) is 11.3 Å². The van der Waals surface area contributed by atoms with Gasteiger partial charge in [-0.05, 0) is 58.1 Å². The molecule has 0 aliphatic heterocycles. The van der Waals surface area contributed by atoms with E-state index in [-0.39, 0.29) is 6.61 Å². The van der Waals surface area contributed by atoms with Crippen molar-refractivity contribution in [2.45, 2.75) is 46.3 Å². The second-order valence-electron chi connectivity index (χ2n) is 7.76.